The van der Waals surface area contributed by atoms with Crippen molar-refractivity contribution >= 4 is 17.7 Å². The van der Waals surface area contributed by atoms with Crippen LogP contribution < -0.4 is 10.9 Å². The molecule has 0 fully saturated rings. The molecule has 1 unspecified atom stereocenters. The summed E-state index contributed by atoms with van der Waals surface area (Å²) >= 11 is 1.16. The number of rotatable bonds is 7. The van der Waals surface area contributed by atoms with Gasteiger partial charge in [-0.1, -0.05) is 39.0 Å². The zero-order valence-corrected chi connectivity index (χ0v) is 14.2. The first kappa shape index (κ1) is 18.2. The molecule has 0 aliphatic heterocycles. The summed E-state index contributed by atoms with van der Waals surface area (Å²) in [6.07, 6.45) is 1.62. The Morgan fingerprint density at radius 1 is 1.59 bits per heavy atom. The molecule has 1 rings (SSSR count). The fourth-order valence-corrected chi connectivity index (χ4v) is 2.39. The number of aromatic nitrogens is 2. The van der Waals surface area contributed by atoms with E-state index in [1.54, 1.807) is 6.92 Å². The van der Waals surface area contributed by atoms with E-state index in [-0.39, 0.29) is 23.1 Å². The summed E-state index contributed by atoms with van der Waals surface area (Å²) in [4.78, 5) is 30.5. The summed E-state index contributed by atoms with van der Waals surface area (Å²) in [5.74, 6) is -0.161. The number of thioether (sulfide) groups is 1. The molecule has 120 valence electrons. The quantitative estimate of drug-likeness (QED) is 0.590. The Bertz CT molecular complexity index is 621. The Kier molecular flexibility index (Phi) is 6.62. The third-order valence-corrected chi connectivity index (χ3v) is 4.28. The van der Waals surface area contributed by atoms with Crippen molar-refractivity contribution in [3.8, 4) is 6.07 Å². The number of nitrogens with one attached hydrogen (secondary N) is 2. The van der Waals surface area contributed by atoms with Crippen molar-refractivity contribution in [2.75, 3.05) is 5.75 Å². The molecule has 1 aromatic rings. The van der Waals surface area contributed by atoms with Crippen molar-refractivity contribution in [3.05, 3.63) is 22.1 Å². The van der Waals surface area contributed by atoms with Crippen molar-refractivity contribution in [2.45, 2.75) is 51.2 Å². The molecule has 0 radical (unpaired) electrons. The molecule has 7 heteroatoms. The largest absolute Gasteiger partial charge is 0.337 e. The third-order valence-electron chi connectivity index (χ3n) is 3.41. The number of amides is 1. The van der Waals surface area contributed by atoms with Crippen molar-refractivity contribution in [1.82, 2.24) is 15.3 Å². The summed E-state index contributed by atoms with van der Waals surface area (Å²) < 4.78 is 0. The van der Waals surface area contributed by atoms with E-state index in [1.807, 2.05) is 20.8 Å². The maximum atomic E-state index is 12.0. The molecular formula is C15H22N4O2S. The molecular weight excluding hydrogens is 300 g/mol. The number of hydrogen-bond acceptors (Lipinski definition) is 5. The molecule has 0 aliphatic carbocycles. The summed E-state index contributed by atoms with van der Waals surface area (Å²) in [7, 11) is 0. The molecule has 2 N–H and O–H groups in total. The maximum Gasteiger partial charge on any atom is 0.251 e. The minimum Gasteiger partial charge on any atom is -0.337 e. The van der Waals surface area contributed by atoms with Crippen LogP contribution in [-0.2, 0) is 11.2 Å². The molecule has 1 amide bonds. The van der Waals surface area contributed by atoms with Gasteiger partial charge in [0.1, 0.15) is 5.54 Å². The number of hydrogen-bond donors (Lipinski definition) is 2. The first-order valence-corrected chi connectivity index (χ1v) is 8.24. The summed E-state index contributed by atoms with van der Waals surface area (Å²) in [5, 5.41) is 12.3. The van der Waals surface area contributed by atoms with Crippen molar-refractivity contribution in [3.63, 3.8) is 0 Å². The van der Waals surface area contributed by atoms with E-state index < -0.39 is 5.54 Å². The number of carbonyl (C=O) groups excluding carboxylic acids is 1. The van der Waals surface area contributed by atoms with Gasteiger partial charge in [0.15, 0.2) is 5.16 Å². The van der Waals surface area contributed by atoms with Gasteiger partial charge in [0.25, 0.3) is 5.56 Å². The summed E-state index contributed by atoms with van der Waals surface area (Å²) in [6, 6.07) is 3.60. The van der Waals surface area contributed by atoms with Crippen molar-refractivity contribution < 1.29 is 4.79 Å². The highest BCUT2D eigenvalue weighted by molar-refractivity contribution is 7.99. The predicted molar refractivity (Wildman–Crippen MR) is 86.6 cm³/mol. The van der Waals surface area contributed by atoms with E-state index in [1.165, 1.54) is 6.07 Å². The van der Waals surface area contributed by atoms with Crippen molar-refractivity contribution in [2.24, 2.45) is 5.92 Å². The van der Waals surface area contributed by atoms with Gasteiger partial charge in [-0.05, 0) is 19.3 Å². The van der Waals surface area contributed by atoms with Crippen molar-refractivity contribution in [1.29, 1.82) is 5.26 Å². The van der Waals surface area contributed by atoms with Crippen LogP contribution in [0.4, 0.5) is 0 Å². The van der Waals surface area contributed by atoms with Gasteiger partial charge in [0.05, 0.1) is 11.8 Å². The molecule has 0 bridgehead atoms. The van der Waals surface area contributed by atoms with E-state index in [9.17, 15) is 14.9 Å². The monoisotopic (exact) mass is 322 g/mol. The van der Waals surface area contributed by atoms with Gasteiger partial charge in [-0.2, -0.15) is 5.26 Å². The van der Waals surface area contributed by atoms with Crippen LogP contribution in [0.3, 0.4) is 0 Å². The molecule has 0 saturated heterocycles. The number of nitrogens with zero attached hydrogens (tertiary/aromatic N) is 2. The van der Waals surface area contributed by atoms with Crippen LogP contribution in [0.25, 0.3) is 0 Å². The van der Waals surface area contributed by atoms with E-state index in [4.69, 9.17) is 0 Å². The highest BCUT2D eigenvalue weighted by Crippen LogP contribution is 2.17. The Morgan fingerprint density at radius 2 is 2.27 bits per heavy atom. The summed E-state index contributed by atoms with van der Waals surface area (Å²) in [6.45, 7) is 7.47. The number of carbonyl (C=O) groups is 1. The lowest BCUT2D eigenvalue weighted by atomic mass is 9.90. The lowest BCUT2D eigenvalue weighted by Gasteiger charge is -2.27. The molecule has 1 atom stereocenters. The summed E-state index contributed by atoms with van der Waals surface area (Å²) in [5.41, 5.74) is -0.397. The predicted octanol–water partition coefficient (Wildman–Crippen LogP) is 1.87. The van der Waals surface area contributed by atoms with Crippen LogP contribution >= 0.6 is 11.8 Å². The zero-order valence-electron chi connectivity index (χ0n) is 13.4. The molecule has 1 heterocycles. The van der Waals surface area contributed by atoms with E-state index in [0.29, 0.717) is 5.16 Å². The van der Waals surface area contributed by atoms with Crippen LogP contribution in [0, 0.1) is 17.2 Å². The second-order valence-corrected chi connectivity index (χ2v) is 6.56. The maximum absolute atomic E-state index is 12.0. The topological polar surface area (TPSA) is 98.6 Å². The molecule has 0 aromatic carbocycles. The van der Waals surface area contributed by atoms with Gasteiger partial charge < -0.3 is 10.3 Å². The normalized spacial score (nSPS) is 13.5. The average molecular weight is 322 g/mol. The molecule has 0 aliphatic rings. The van der Waals surface area contributed by atoms with Crippen LogP contribution in [-0.4, -0.2) is 27.2 Å². The lowest BCUT2D eigenvalue weighted by Crippen LogP contribution is -2.49. The number of nitriles is 1. The van der Waals surface area contributed by atoms with Crippen LogP contribution in [0.1, 0.15) is 39.8 Å². The second-order valence-electron chi connectivity index (χ2n) is 5.60. The fraction of sp³-hybridized carbons (Fsp3) is 0.600. The second kappa shape index (κ2) is 7.99. The molecule has 0 spiro atoms. The molecule has 0 saturated carbocycles. The van der Waals surface area contributed by atoms with Gasteiger partial charge in [-0.25, -0.2) is 4.98 Å². The minimum atomic E-state index is -0.900. The van der Waals surface area contributed by atoms with E-state index >= 15 is 0 Å². The van der Waals surface area contributed by atoms with Gasteiger partial charge in [-0.3, -0.25) is 9.59 Å². The standard InChI is InChI=1S/C15H22N4O2S/c1-5-6-11-7-12(20)18-14(17-11)22-8-13(21)19-15(4,9-16)10(2)3/h7,10H,5-6,8H2,1-4H3,(H,19,21)(H,17,18,20). The highest BCUT2D eigenvalue weighted by atomic mass is 32.2. The Hall–Kier alpha value is -1.81. The first-order chi connectivity index (χ1) is 10.3. The van der Waals surface area contributed by atoms with Gasteiger partial charge >= 0.3 is 0 Å². The molecule has 22 heavy (non-hydrogen) atoms. The van der Waals surface area contributed by atoms with E-state index in [0.717, 1.165) is 30.3 Å². The van der Waals surface area contributed by atoms with Gasteiger partial charge in [-0.15, -0.1) is 0 Å². The van der Waals surface area contributed by atoms with Gasteiger partial charge in [0.2, 0.25) is 5.91 Å². The Balaban J connectivity index is 2.69. The Morgan fingerprint density at radius 3 is 2.82 bits per heavy atom. The van der Waals surface area contributed by atoms with Crippen LogP contribution in [0.2, 0.25) is 0 Å². The Labute approximate surface area is 134 Å². The number of H-pyrrole nitrogens is 1. The molecule has 1 aromatic heterocycles. The smallest absolute Gasteiger partial charge is 0.251 e. The van der Waals surface area contributed by atoms with E-state index in [2.05, 4.69) is 21.4 Å². The first-order valence-electron chi connectivity index (χ1n) is 7.26. The van der Waals surface area contributed by atoms with Crippen LogP contribution in [0.15, 0.2) is 16.0 Å². The average Bonchev–Trinajstić information content (AvgIpc) is 2.44. The zero-order chi connectivity index (χ0) is 16.8. The molecule has 6 nitrogen and oxygen atoms in total. The van der Waals surface area contributed by atoms with Crippen LogP contribution in [0.5, 0.6) is 0 Å². The number of aryl methyl sites for hydroxylation is 1. The van der Waals surface area contributed by atoms with Gasteiger partial charge in [0, 0.05) is 11.8 Å². The SMILES string of the molecule is CCCc1cc(=O)[nH]c(SCC(=O)NC(C)(C#N)C(C)C)n1. The minimum absolute atomic E-state index is 0.00253. The lowest BCUT2D eigenvalue weighted by molar-refractivity contribution is -0.120. The fourth-order valence-electron chi connectivity index (χ4n) is 1.70. The number of aromatic amines is 1. The highest BCUT2D eigenvalue weighted by Gasteiger charge is 2.29. The third kappa shape index (κ3) is 5.19.